The molecule has 258 valence electrons. The number of sulfonamides is 1. The zero-order valence-electron chi connectivity index (χ0n) is 27.4. The van der Waals surface area contributed by atoms with Crippen LogP contribution in [-0.2, 0) is 26.4 Å². The molecule has 16 heteroatoms. The number of anilines is 3. The lowest BCUT2D eigenvalue weighted by Crippen LogP contribution is -2.50. The van der Waals surface area contributed by atoms with Crippen LogP contribution in [-0.4, -0.2) is 103 Å². The Bertz CT molecular complexity index is 2220. The van der Waals surface area contributed by atoms with E-state index in [-0.39, 0.29) is 29.0 Å². The van der Waals surface area contributed by atoms with Gasteiger partial charge in [-0.2, -0.15) is 4.98 Å². The summed E-state index contributed by atoms with van der Waals surface area (Å²) >= 11 is 1.15. The van der Waals surface area contributed by atoms with Crippen molar-refractivity contribution in [1.82, 2.24) is 28.7 Å². The van der Waals surface area contributed by atoms with Crippen LogP contribution in [0.1, 0.15) is 36.1 Å². The van der Waals surface area contributed by atoms with Crippen LogP contribution in [0.25, 0.3) is 11.0 Å². The Balaban J connectivity index is 1.18. The molecule has 7 rings (SSSR count). The summed E-state index contributed by atoms with van der Waals surface area (Å²) in [5.41, 5.74) is 3.55. The fraction of sp³-hybridized carbons (Fsp3) is 0.455. The molecular formula is C33H38N8O5S3. The minimum atomic E-state index is -3.63. The molecule has 1 aromatic carbocycles. The molecule has 0 radical (unpaired) electrons. The number of hydrogen-bond donors (Lipinski definition) is 1. The Morgan fingerprint density at radius 2 is 1.76 bits per heavy atom. The molecule has 4 aromatic rings. The normalized spacial score (nSPS) is 19.5. The van der Waals surface area contributed by atoms with Crippen LogP contribution in [0.5, 0.6) is 0 Å². The van der Waals surface area contributed by atoms with Gasteiger partial charge in [-0.1, -0.05) is 11.8 Å². The molecule has 1 N–H and O–H groups in total. The van der Waals surface area contributed by atoms with Gasteiger partial charge in [-0.3, -0.25) is 14.3 Å². The summed E-state index contributed by atoms with van der Waals surface area (Å²) in [5, 5.41) is 3.74. The second-order valence-corrected chi connectivity index (χ2v) is 17.8. The second-order valence-electron chi connectivity index (χ2n) is 12.9. The Morgan fingerprint density at radius 3 is 2.49 bits per heavy atom. The van der Waals surface area contributed by atoms with Crippen molar-refractivity contribution in [2.75, 3.05) is 62.0 Å². The standard InChI is InChI=1S/C33H38N8O5S3/c1-48(43,44)31-29(47-22-35-31)21-41-30-25(18-24(32(41)42)6-5-23-11-14-40(15-12-23)49(2,45)46)19-34-33(37-30)36-26-7-9-27(10-8-26)39-17-16-38-13-3-4-28(38)20-39/h7-10,18-19,22-23,28H,3-4,11-17,20-21H2,1-2H3,(H,34,36,37). The van der Waals surface area contributed by atoms with Crippen LogP contribution in [0.4, 0.5) is 17.3 Å². The summed E-state index contributed by atoms with van der Waals surface area (Å²) in [4.78, 5) is 32.7. The summed E-state index contributed by atoms with van der Waals surface area (Å²) in [5.74, 6) is 6.42. The molecule has 6 heterocycles. The Kier molecular flexibility index (Phi) is 9.22. The van der Waals surface area contributed by atoms with Crippen LogP contribution in [0.2, 0.25) is 0 Å². The van der Waals surface area contributed by atoms with Crippen molar-refractivity contribution >= 4 is 59.6 Å². The number of piperidine rings is 1. The number of sulfone groups is 1. The number of aromatic nitrogens is 4. The first-order valence-electron chi connectivity index (χ1n) is 16.3. The molecule has 0 amide bonds. The van der Waals surface area contributed by atoms with Crippen LogP contribution in [0.15, 0.2) is 51.9 Å². The van der Waals surface area contributed by atoms with E-state index in [0.717, 1.165) is 42.9 Å². The van der Waals surface area contributed by atoms with Crippen LogP contribution in [0.3, 0.4) is 0 Å². The van der Waals surface area contributed by atoms with Gasteiger partial charge in [0.15, 0.2) is 14.9 Å². The first-order valence-corrected chi connectivity index (χ1v) is 20.9. The van der Waals surface area contributed by atoms with Gasteiger partial charge >= 0.3 is 0 Å². The summed E-state index contributed by atoms with van der Waals surface area (Å²) in [6.07, 6.45) is 7.57. The van der Waals surface area contributed by atoms with E-state index in [1.807, 2.05) is 12.1 Å². The predicted molar refractivity (Wildman–Crippen MR) is 191 cm³/mol. The third kappa shape index (κ3) is 7.36. The number of pyridine rings is 1. The number of rotatable bonds is 7. The highest BCUT2D eigenvalue weighted by molar-refractivity contribution is 7.90. The van der Waals surface area contributed by atoms with E-state index in [1.165, 1.54) is 45.7 Å². The van der Waals surface area contributed by atoms with Crippen molar-refractivity contribution in [2.45, 2.75) is 43.3 Å². The van der Waals surface area contributed by atoms with E-state index in [1.54, 1.807) is 12.3 Å². The van der Waals surface area contributed by atoms with Gasteiger partial charge in [-0.05, 0) is 62.6 Å². The first kappa shape index (κ1) is 33.6. The fourth-order valence-corrected chi connectivity index (χ4v) is 9.79. The molecule has 0 spiro atoms. The van der Waals surface area contributed by atoms with Crippen molar-refractivity contribution in [2.24, 2.45) is 5.92 Å². The molecule has 1 unspecified atom stereocenters. The highest BCUT2D eigenvalue weighted by Crippen LogP contribution is 2.28. The maximum atomic E-state index is 14.0. The van der Waals surface area contributed by atoms with E-state index in [0.29, 0.717) is 47.9 Å². The molecule has 3 saturated heterocycles. The molecule has 0 bridgehead atoms. The monoisotopic (exact) mass is 722 g/mol. The van der Waals surface area contributed by atoms with Gasteiger partial charge < -0.3 is 10.2 Å². The van der Waals surface area contributed by atoms with E-state index >= 15 is 0 Å². The number of hydrogen-bond acceptors (Lipinski definition) is 12. The van der Waals surface area contributed by atoms with E-state index in [2.05, 4.69) is 49.1 Å². The maximum Gasteiger partial charge on any atom is 0.268 e. The second kappa shape index (κ2) is 13.4. The van der Waals surface area contributed by atoms with Crippen molar-refractivity contribution in [3.63, 3.8) is 0 Å². The molecule has 1 atom stereocenters. The summed E-state index contributed by atoms with van der Waals surface area (Å²) < 4.78 is 51.6. The van der Waals surface area contributed by atoms with E-state index in [9.17, 15) is 21.6 Å². The van der Waals surface area contributed by atoms with Gasteiger partial charge in [-0.15, -0.1) is 11.3 Å². The van der Waals surface area contributed by atoms with Gasteiger partial charge in [0.2, 0.25) is 16.0 Å². The van der Waals surface area contributed by atoms with Gasteiger partial charge in [0.05, 0.1) is 28.8 Å². The highest BCUT2D eigenvalue weighted by Gasteiger charge is 2.30. The molecule has 0 saturated carbocycles. The van der Waals surface area contributed by atoms with Crippen LogP contribution in [0, 0.1) is 17.8 Å². The van der Waals surface area contributed by atoms with Crippen molar-refractivity contribution in [1.29, 1.82) is 0 Å². The van der Waals surface area contributed by atoms with Crippen LogP contribution < -0.4 is 15.8 Å². The third-order valence-corrected chi connectivity index (χ3v) is 12.8. The number of benzene rings is 1. The average molecular weight is 723 g/mol. The van der Waals surface area contributed by atoms with Gasteiger partial charge in [0.25, 0.3) is 5.56 Å². The highest BCUT2D eigenvalue weighted by atomic mass is 32.2. The van der Waals surface area contributed by atoms with Gasteiger partial charge in [-0.25, -0.2) is 31.1 Å². The Labute approximate surface area is 290 Å². The minimum absolute atomic E-state index is 0.0654. The number of nitrogens with zero attached hydrogens (tertiary/aromatic N) is 7. The Hall–Kier alpha value is -3.88. The van der Waals surface area contributed by atoms with Crippen molar-refractivity contribution in [3.05, 3.63) is 62.8 Å². The number of thiazole rings is 1. The topological polar surface area (TPSA) is 151 Å². The number of piperazine rings is 1. The predicted octanol–water partition coefficient (Wildman–Crippen LogP) is 2.75. The average Bonchev–Trinajstić information content (AvgIpc) is 3.75. The zero-order chi connectivity index (χ0) is 34.3. The minimum Gasteiger partial charge on any atom is -0.369 e. The lowest BCUT2D eigenvalue weighted by molar-refractivity contribution is 0.231. The quantitative estimate of drug-likeness (QED) is 0.281. The number of nitrogens with one attached hydrogen (secondary N) is 1. The molecule has 3 aliphatic rings. The van der Waals surface area contributed by atoms with Crippen molar-refractivity contribution < 1.29 is 16.8 Å². The molecule has 3 fully saturated rings. The molecule has 3 aromatic heterocycles. The Morgan fingerprint density at radius 1 is 0.980 bits per heavy atom. The smallest absolute Gasteiger partial charge is 0.268 e. The third-order valence-electron chi connectivity index (χ3n) is 9.49. The van der Waals surface area contributed by atoms with E-state index in [4.69, 9.17) is 4.98 Å². The molecule has 13 nitrogen and oxygen atoms in total. The maximum absolute atomic E-state index is 14.0. The molecule has 49 heavy (non-hydrogen) atoms. The first-order chi connectivity index (χ1) is 23.4. The summed E-state index contributed by atoms with van der Waals surface area (Å²) in [7, 11) is -6.90. The lowest BCUT2D eigenvalue weighted by atomic mass is 9.98. The number of fused-ring (bicyclic) bond motifs is 2. The fourth-order valence-electron chi connectivity index (χ4n) is 6.89. The lowest BCUT2D eigenvalue weighted by Gasteiger charge is -2.38. The van der Waals surface area contributed by atoms with Gasteiger partial charge in [0.1, 0.15) is 5.65 Å². The summed E-state index contributed by atoms with van der Waals surface area (Å²) in [6.45, 7) is 5.02. The largest absolute Gasteiger partial charge is 0.369 e. The van der Waals surface area contributed by atoms with Crippen molar-refractivity contribution in [3.8, 4) is 11.8 Å². The SMILES string of the molecule is CS(=O)(=O)c1ncsc1Cn1c(=O)c(C#CC2CCN(S(C)(=O)=O)CC2)cc2cnc(Nc3ccc(N4CCN5CCCC5C4)cc3)nc21. The molecule has 0 aliphatic carbocycles. The zero-order valence-corrected chi connectivity index (χ0v) is 29.8. The van der Waals surface area contributed by atoms with E-state index < -0.39 is 25.4 Å². The van der Waals surface area contributed by atoms with Crippen LogP contribution >= 0.6 is 11.3 Å². The molecular weight excluding hydrogens is 685 g/mol. The molecule has 3 aliphatic heterocycles. The van der Waals surface area contributed by atoms with Gasteiger partial charge in [0, 0.05) is 73.9 Å². The summed E-state index contributed by atoms with van der Waals surface area (Å²) in [6, 6.07) is 10.4.